The van der Waals surface area contributed by atoms with E-state index in [2.05, 4.69) is 21.2 Å². The third-order valence-corrected chi connectivity index (χ3v) is 5.79. The number of hydrogen-bond acceptors (Lipinski definition) is 6. The molecule has 0 heterocycles. The molecule has 7 nitrogen and oxygen atoms in total. The zero-order chi connectivity index (χ0) is 22.8. The van der Waals surface area contributed by atoms with Crippen molar-refractivity contribution in [2.45, 2.75) is 30.8 Å². The SMILES string of the molecule is CSc1ccc(NC(=O)O[C@H](c2cc(Br)ccc2O)[C@H](C)CC/C=C/C(=O)NO)cc1. The van der Waals surface area contributed by atoms with Crippen LogP contribution in [0.3, 0.4) is 0 Å². The number of phenols is 1. The maximum Gasteiger partial charge on any atom is 0.412 e. The molecule has 2 aromatic rings. The van der Waals surface area contributed by atoms with Crippen molar-refractivity contribution in [2.24, 2.45) is 5.92 Å². The van der Waals surface area contributed by atoms with Crippen LogP contribution in [0.2, 0.25) is 0 Å². The Bertz CT molecular complexity index is 921. The number of carbonyl (C=O) groups is 2. The van der Waals surface area contributed by atoms with Crippen LogP contribution in [0.15, 0.2) is 64.0 Å². The number of phenolic OH excluding ortho intramolecular Hbond substituents is 1. The summed E-state index contributed by atoms with van der Waals surface area (Å²) in [5.41, 5.74) is 2.61. The molecule has 0 fully saturated rings. The van der Waals surface area contributed by atoms with Crippen LogP contribution >= 0.6 is 27.7 Å². The Morgan fingerprint density at radius 1 is 1.23 bits per heavy atom. The largest absolute Gasteiger partial charge is 0.508 e. The molecular formula is C22H25BrN2O5S. The maximum absolute atomic E-state index is 12.6. The van der Waals surface area contributed by atoms with E-state index in [0.29, 0.717) is 24.1 Å². The molecule has 0 spiro atoms. The van der Waals surface area contributed by atoms with Gasteiger partial charge in [0, 0.05) is 26.7 Å². The van der Waals surface area contributed by atoms with E-state index in [9.17, 15) is 14.7 Å². The number of aromatic hydroxyl groups is 1. The highest BCUT2D eigenvalue weighted by Gasteiger charge is 2.26. The molecule has 2 aromatic carbocycles. The van der Waals surface area contributed by atoms with Crippen molar-refractivity contribution in [2.75, 3.05) is 11.6 Å². The number of hydrogen-bond donors (Lipinski definition) is 4. The maximum atomic E-state index is 12.6. The molecule has 0 aliphatic heterocycles. The lowest BCUT2D eigenvalue weighted by Gasteiger charge is -2.25. The number of rotatable bonds is 9. The highest BCUT2D eigenvalue weighted by Crippen LogP contribution is 2.36. The van der Waals surface area contributed by atoms with Crippen molar-refractivity contribution in [1.82, 2.24) is 5.48 Å². The Hall–Kier alpha value is -2.49. The summed E-state index contributed by atoms with van der Waals surface area (Å²) in [6, 6.07) is 12.3. The summed E-state index contributed by atoms with van der Waals surface area (Å²) in [4.78, 5) is 24.7. The Labute approximate surface area is 194 Å². The molecule has 0 aromatic heterocycles. The third-order valence-electron chi connectivity index (χ3n) is 4.55. The molecule has 0 aliphatic carbocycles. The first-order chi connectivity index (χ1) is 14.8. The van der Waals surface area contributed by atoms with Gasteiger partial charge in [0.2, 0.25) is 0 Å². The van der Waals surface area contributed by atoms with Gasteiger partial charge in [0.25, 0.3) is 5.91 Å². The first-order valence-corrected chi connectivity index (χ1v) is 11.6. The molecule has 2 amide bonds. The molecule has 2 rings (SSSR count). The van der Waals surface area contributed by atoms with Crippen LogP contribution in [0, 0.1) is 5.92 Å². The van der Waals surface area contributed by atoms with Crippen molar-refractivity contribution < 1.29 is 24.6 Å². The van der Waals surface area contributed by atoms with Gasteiger partial charge in [-0.05, 0) is 67.5 Å². The van der Waals surface area contributed by atoms with E-state index in [1.54, 1.807) is 42.1 Å². The van der Waals surface area contributed by atoms with Crippen LogP contribution in [0.25, 0.3) is 0 Å². The van der Waals surface area contributed by atoms with E-state index >= 15 is 0 Å². The Morgan fingerprint density at radius 2 is 1.94 bits per heavy atom. The summed E-state index contributed by atoms with van der Waals surface area (Å²) < 4.78 is 6.46. The number of allylic oxidation sites excluding steroid dienone is 1. The van der Waals surface area contributed by atoms with E-state index in [-0.39, 0.29) is 11.7 Å². The number of anilines is 1. The molecule has 31 heavy (non-hydrogen) atoms. The van der Waals surface area contributed by atoms with Crippen molar-refractivity contribution >= 4 is 45.4 Å². The first-order valence-electron chi connectivity index (χ1n) is 9.54. The summed E-state index contributed by atoms with van der Waals surface area (Å²) in [6.45, 7) is 1.89. The second-order valence-electron chi connectivity index (χ2n) is 6.82. The number of benzene rings is 2. The Morgan fingerprint density at radius 3 is 2.58 bits per heavy atom. The van der Waals surface area contributed by atoms with Crippen LogP contribution in [0.1, 0.15) is 31.4 Å². The second-order valence-corrected chi connectivity index (χ2v) is 8.61. The van der Waals surface area contributed by atoms with Gasteiger partial charge in [-0.15, -0.1) is 11.8 Å². The fourth-order valence-corrected chi connectivity index (χ4v) is 3.70. The number of halogens is 1. The quantitative estimate of drug-likeness (QED) is 0.151. The molecule has 0 saturated heterocycles. The van der Waals surface area contributed by atoms with Crippen molar-refractivity contribution in [1.29, 1.82) is 0 Å². The minimum atomic E-state index is -0.719. The molecule has 0 saturated carbocycles. The fraction of sp³-hybridized carbons (Fsp3) is 0.273. The van der Waals surface area contributed by atoms with Crippen molar-refractivity contribution in [3.8, 4) is 5.75 Å². The van der Waals surface area contributed by atoms with E-state index in [0.717, 1.165) is 9.37 Å². The summed E-state index contributed by atoms with van der Waals surface area (Å²) in [5, 5.41) is 21.6. The van der Waals surface area contributed by atoms with Crippen molar-refractivity contribution in [3.63, 3.8) is 0 Å². The van der Waals surface area contributed by atoms with Gasteiger partial charge in [-0.1, -0.05) is 28.9 Å². The van der Waals surface area contributed by atoms with Crippen LogP contribution in [-0.4, -0.2) is 28.6 Å². The smallest absolute Gasteiger partial charge is 0.412 e. The van der Waals surface area contributed by atoms with Gasteiger partial charge < -0.3 is 9.84 Å². The first kappa shape index (κ1) is 24.8. The molecule has 0 unspecified atom stereocenters. The van der Waals surface area contributed by atoms with Crippen LogP contribution in [0.4, 0.5) is 10.5 Å². The lowest BCUT2D eigenvalue weighted by Crippen LogP contribution is -2.22. The number of thioether (sulfide) groups is 1. The fourth-order valence-electron chi connectivity index (χ4n) is 2.91. The molecule has 9 heteroatoms. The van der Waals surface area contributed by atoms with Crippen molar-refractivity contribution in [3.05, 3.63) is 64.7 Å². The number of carbonyl (C=O) groups excluding carboxylic acids is 2. The highest BCUT2D eigenvalue weighted by molar-refractivity contribution is 9.10. The molecule has 4 N–H and O–H groups in total. The minimum Gasteiger partial charge on any atom is -0.508 e. The molecule has 2 atom stereocenters. The Kier molecular flexibility index (Phi) is 9.90. The molecule has 0 aliphatic rings. The summed E-state index contributed by atoms with van der Waals surface area (Å²) in [6.07, 6.45) is 4.55. The Balaban J connectivity index is 2.14. The highest BCUT2D eigenvalue weighted by atomic mass is 79.9. The summed E-state index contributed by atoms with van der Waals surface area (Å²) in [7, 11) is 0. The van der Waals surface area contributed by atoms with Crippen LogP contribution < -0.4 is 10.8 Å². The number of amides is 2. The lowest BCUT2D eigenvalue weighted by atomic mass is 9.92. The molecule has 166 valence electrons. The van der Waals surface area contributed by atoms with Gasteiger partial charge in [-0.25, -0.2) is 10.3 Å². The topological polar surface area (TPSA) is 108 Å². The van der Waals surface area contributed by atoms with E-state index in [1.807, 2.05) is 25.3 Å². The third kappa shape index (κ3) is 7.93. The average molecular weight is 509 g/mol. The normalized spacial score (nSPS) is 12.9. The summed E-state index contributed by atoms with van der Waals surface area (Å²) in [5.74, 6) is -0.768. The average Bonchev–Trinajstić information content (AvgIpc) is 2.77. The van der Waals surface area contributed by atoms with Crippen LogP contribution in [-0.2, 0) is 9.53 Å². The van der Waals surface area contributed by atoms with Gasteiger partial charge >= 0.3 is 6.09 Å². The van der Waals surface area contributed by atoms with Crippen LogP contribution in [0.5, 0.6) is 5.75 Å². The second kappa shape index (κ2) is 12.4. The van der Waals surface area contributed by atoms with Gasteiger partial charge in [0.1, 0.15) is 11.9 Å². The molecule has 0 radical (unpaired) electrons. The zero-order valence-electron chi connectivity index (χ0n) is 17.2. The molecular weight excluding hydrogens is 484 g/mol. The number of nitrogens with one attached hydrogen (secondary N) is 2. The van der Waals surface area contributed by atoms with E-state index in [1.165, 1.54) is 17.6 Å². The predicted molar refractivity (Wildman–Crippen MR) is 124 cm³/mol. The lowest BCUT2D eigenvalue weighted by molar-refractivity contribution is -0.124. The number of ether oxygens (including phenoxy) is 1. The summed E-state index contributed by atoms with van der Waals surface area (Å²) >= 11 is 4.99. The van der Waals surface area contributed by atoms with Gasteiger partial charge in [0.05, 0.1) is 0 Å². The van der Waals surface area contributed by atoms with Gasteiger partial charge in [0.15, 0.2) is 0 Å². The van der Waals surface area contributed by atoms with Gasteiger partial charge in [-0.3, -0.25) is 15.3 Å². The van der Waals surface area contributed by atoms with Gasteiger partial charge in [-0.2, -0.15) is 0 Å². The van der Waals surface area contributed by atoms with E-state index in [4.69, 9.17) is 9.94 Å². The monoisotopic (exact) mass is 508 g/mol. The predicted octanol–water partition coefficient (Wildman–Crippen LogP) is 5.64. The standard InChI is InChI=1S/C22H25BrN2O5S/c1-14(5-3-4-6-20(27)25-29)21(18-13-15(23)7-12-19(18)26)30-22(28)24-16-8-10-17(31-2)11-9-16/h4,6-14,21,26,29H,3,5H2,1-2H3,(H,24,28)(H,25,27)/b6-4+/t14-,21+/m1/s1. The zero-order valence-corrected chi connectivity index (χ0v) is 19.6. The minimum absolute atomic E-state index is 0.0207. The van der Waals surface area contributed by atoms with E-state index < -0.39 is 18.1 Å². The number of hydroxylamine groups is 1. The molecule has 0 bridgehead atoms.